The van der Waals surface area contributed by atoms with Crippen LogP contribution in [0.4, 0.5) is 0 Å². The zero-order valence-electron chi connectivity index (χ0n) is 12.5. The first kappa shape index (κ1) is 19.6. The molecule has 2 atom stereocenters. The highest BCUT2D eigenvalue weighted by Crippen LogP contribution is 2.31. The molecule has 14 heteroatoms. The Kier molecular flexibility index (Phi) is 4.49. The van der Waals surface area contributed by atoms with E-state index in [2.05, 4.69) is 10.6 Å². The number of dihydropyridines is 2. The van der Waals surface area contributed by atoms with Crippen LogP contribution in [0.2, 0.25) is 0 Å². The van der Waals surface area contributed by atoms with Crippen LogP contribution in [0.1, 0.15) is 0 Å². The highest BCUT2D eigenvalue weighted by molar-refractivity contribution is 7.88. The van der Waals surface area contributed by atoms with E-state index in [0.717, 1.165) is 12.4 Å². The molecule has 12 nitrogen and oxygen atoms in total. The van der Waals surface area contributed by atoms with Gasteiger partial charge in [-0.1, -0.05) is 0 Å². The fourth-order valence-electron chi connectivity index (χ4n) is 2.24. The second kappa shape index (κ2) is 5.94. The highest BCUT2D eigenvalue weighted by atomic mass is 32.2. The van der Waals surface area contributed by atoms with Crippen molar-refractivity contribution in [3.05, 3.63) is 48.1 Å². The van der Waals surface area contributed by atoms with Gasteiger partial charge in [0.2, 0.25) is 9.49 Å². The van der Waals surface area contributed by atoms with Crippen LogP contribution in [0.5, 0.6) is 0 Å². The van der Waals surface area contributed by atoms with Crippen molar-refractivity contribution < 1.29 is 45.7 Å². The Morgan fingerprint density at radius 1 is 0.769 bits per heavy atom. The minimum Gasteiger partial charge on any atom is -0.480 e. The first-order valence-electron chi connectivity index (χ1n) is 6.52. The molecular weight excluding hydrogens is 396 g/mol. The van der Waals surface area contributed by atoms with Gasteiger partial charge in [0.1, 0.15) is 0 Å². The highest BCUT2D eigenvalue weighted by Gasteiger charge is 2.51. The Balaban J connectivity index is 2.69. The fourth-order valence-corrected chi connectivity index (χ4v) is 3.69. The van der Waals surface area contributed by atoms with E-state index in [0.29, 0.717) is 24.3 Å². The molecule has 0 fully saturated rings. The lowest BCUT2D eigenvalue weighted by Gasteiger charge is -2.29. The number of carboxylic acids is 2. The molecule has 0 saturated heterocycles. The molecule has 0 spiro atoms. The number of aliphatic carboxylic acids is 2. The average Bonchev–Trinajstić information content (AvgIpc) is 2.52. The third kappa shape index (κ3) is 2.88. The summed E-state index contributed by atoms with van der Waals surface area (Å²) in [5, 5.41) is 23.2. The van der Waals surface area contributed by atoms with Gasteiger partial charge in [0.15, 0.2) is 0 Å². The molecule has 142 valence electrons. The number of carbonyl (C=O) groups is 2. The van der Waals surface area contributed by atoms with Crippen LogP contribution < -0.4 is 10.6 Å². The molecule has 0 aromatic rings. The maximum Gasteiger partial charge on any atom is 0.335 e. The van der Waals surface area contributed by atoms with E-state index in [-0.39, 0.29) is 11.4 Å². The lowest BCUT2D eigenvalue weighted by molar-refractivity contribution is -0.138. The standard InChI is InChI=1S/C12H12N2O10S2/c15-9(16)11(25(19,20)21)1-3-13-7(5-11)8-6-12(10(17)18,2-4-14-8)26(22,23)24/h1-6,13-14H,(H,15,16)(H,17,18)(H,19,20,21)(H,22,23,24). The van der Waals surface area contributed by atoms with Crippen molar-refractivity contribution in [2.75, 3.05) is 0 Å². The smallest absolute Gasteiger partial charge is 0.335 e. The van der Waals surface area contributed by atoms with Crippen molar-refractivity contribution >= 4 is 32.2 Å². The van der Waals surface area contributed by atoms with Crippen molar-refractivity contribution in [1.29, 1.82) is 0 Å². The second-order valence-electron chi connectivity index (χ2n) is 5.22. The van der Waals surface area contributed by atoms with Gasteiger partial charge in [0.25, 0.3) is 20.2 Å². The van der Waals surface area contributed by atoms with Gasteiger partial charge in [-0.05, 0) is 36.7 Å². The Morgan fingerprint density at radius 2 is 1.08 bits per heavy atom. The maximum absolute atomic E-state index is 11.5. The Bertz CT molecular complexity index is 923. The fraction of sp³-hybridized carbons (Fsp3) is 0.167. The van der Waals surface area contributed by atoms with E-state index < -0.39 is 41.7 Å². The van der Waals surface area contributed by atoms with Crippen LogP contribution in [0.25, 0.3) is 0 Å². The number of nitrogens with one attached hydrogen (secondary N) is 2. The third-order valence-electron chi connectivity index (χ3n) is 3.67. The molecule has 2 heterocycles. The van der Waals surface area contributed by atoms with Crippen LogP contribution in [0.3, 0.4) is 0 Å². The number of hydrogen-bond acceptors (Lipinski definition) is 8. The Labute approximate surface area is 146 Å². The molecule has 0 aromatic carbocycles. The zero-order valence-corrected chi connectivity index (χ0v) is 14.2. The van der Waals surface area contributed by atoms with Gasteiger partial charge in [-0.25, -0.2) is 9.59 Å². The molecule has 0 amide bonds. The van der Waals surface area contributed by atoms with Crippen LogP contribution in [0.15, 0.2) is 48.1 Å². The number of carboxylic acid groups (broad SMARTS) is 2. The number of rotatable bonds is 5. The van der Waals surface area contributed by atoms with Gasteiger partial charge >= 0.3 is 11.9 Å². The lowest BCUT2D eigenvalue weighted by Crippen LogP contribution is -2.48. The minimum absolute atomic E-state index is 0.369. The predicted octanol–water partition coefficient (Wildman–Crippen LogP) is -1.59. The van der Waals surface area contributed by atoms with Gasteiger partial charge in [-0.2, -0.15) is 16.8 Å². The average molecular weight is 408 g/mol. The van der Waals surface area contributed by atoms with E-state index in [9.17, 15) is 45.7 Å². The van der Waals surface area contributed by atoms with Gasteiger partial charge in [-0.15, -0.1) is 0 Å². The Hall–Kier alpha value is -2.68. The van der Waals surface area contributed by atoms with E-state index in [1.807, 2.05) is 0 Å². The van der Waals surface area contributed by atoms with Crippen molar-refractivity contribution in [2.45, 2.75) is 9.49 Å². The number of hydrogen-bond donors (Lipinski definition) is 6. The molecule has 0 saturated carbocycles. The van der Waals surface area contributed by atoms with E-state index in [1.165, 1.54) is 0 Å². The molecular formula is C12H12N2O10S2. The SMILES string of the molecule is O=C(O)C1(S(=O)(=O)O)C=CNC(C2=CC(C(=O)O)(S(=O)(=O)O)C=CN2)=C1. The maximum atomic E-state index is 11.5. The Morgan fingerprint density at radius 3 is 1.31 bits per heavy atom. The summed E-state index contributed by atoms with van der Waals surface area (Å²) in [5.74, 6) is -3.91. The lowest BCUT2D eigenvalue weighted by atomic mass is 9.99. The van der Waals surface area contributed by atoms with Crippen molar-refractivity contribution in [3.8, 4) is 0 Å². The third-order valence-corrected chi connectivity index (χ3v) is 6.23. The monoisotopic (exact) mass is 408 g/mol. The first-order valence-corrected chi connectivity index (χ1v) is 9.40. The predicted molar refractivity (Wildman–Crippen MR) is 84.5 cm³/mol. The first-order chi connectivity index (χ1) is 11.8. The van der Waals surface area contributed by atoms with E-state index in [4.69, 9.17) is 0 Å². The summed E-state index contributed by atoms with van der Waals surface area (Å²) in [6.45, 7) is 0. The quantitative estimate of drug-likeness (QED) is 0.285. The molecule has 0 radical (unpaired) electrons. The van der Waals surface area contributed by atoms with Gasteiger partial charge in [-0.3, -0.25) is 9.11 Å². The molecule has 2 rings (SSSR count). The largest absolute Gasteiger partial charge is 0.480 e. The summed E-state index contributed by atoms with van der Waals surface area (Å²) in [6.07, 6.45) is 4.04. The minimum atomic E-state index is -5.19. The molecule has 2 unspecified atom stereocenters. The second-order valence-corrected chi connectivity index (χ2v) is 8.47. The zero-order chi connectivity index (χ0) is 20.0. The van der Waals surface area contributed by atoms with Crippen molar-refractivity contribution in [3.63, 3.8) is 0 Å². The van der Waals surface area contributed by atoms with Crippen molar-refractivity contribution in [2.24, 2.45) is 0 Å². The summed E-state index contributed by atoms with van der Waals surface area (Å²) in [5.41, 5.74) is -0.739. The summed E-state index contributed by atoms with van der Waals surface area (Å²) in [4.78, 5) is 22.8. The molecule has 6 N–H and O–H groups in total. The van der Waals surface area contributed by atoms with Gasteiger partial charge < -0.3 is 20.8 Å². The molecule has 0 bridgehead atoms. The molecule has 2 aliphatic heterocycles. The summed E-state index contributed by atoms with van der Waals surface area (Å²) >= 11 is 0. The molecule has 2 aliphatic rings. The van der Waals surface area contributed by atoms with Crippen LogP contribution >= 0.6 is 0 Å². The summed E-state index contributed by atoms with van der Waals surface area (Å²) < 4.78 is 59.0. The topological polar surface area (TPSA) is 207 Å². The van der Waals surface area contributed by atoms with E-state index >= 15 is 0 Å². The summed E-state index contributed by atoms with van der Waals surface area (Å²) in [7, 11) is -10.4. The van der Waals surface area contributed by atoms with E-state index in [1.54, 1.807) is 0 Å². The van der Waals surface area contributed by atoms with Crippen LogP contribution in [0, 0.1) is 0 Å². The molecule has 0 aromatic heterocycles. The van der Waals surface area contributed by atoms with Crippen LogP contribution in [-0.2, 0) is 29.8 Å². The summed E-state index contributed by atoms with van der Waals surface area (Å²) in [6, 6.07) is 0. The molecule has 0 aliphatic carbocycles. The normalized spacial score (nSPS) is 28.4. The molecule has 26 heavy (non-hydrogen) atoms. The van der Waals surface area contributed by atoms with Crippen molar-refractivity contribution in [1.82, 2.24) is 10.6 Å². The van der Waals surface area contributed by atoms with Gasteiger partial charge in [0.05, 0.1) is 11.4 Å². The van der Waals surface area contributed by atoms with Gasteiger partial charge in [0, 0.05) is 0 Å². The van der Waals surface area contributed by atoms with Crippen LogP contribution in [-0.4, -0.2) is 57.6 Å².